The monoisotopic (exact) mass is 539 g/mol. The van der Waals surface area contributed by atoms with Gasteiger partial charge >= 0.3 is 0 Å². The van der Waals surface area contributed by atoms with Crippen LogP contribution in [0.4, 0.5) is 0 Å². The van der Waals surface area contributed by atoms with E-state index in [0.717, 1.165) is 47.8 Å². The van der Waals surface area contributed by atoms with E-state index in [4.69, 9.17) is 10.7 Å². The lowest BCUT2D eigenvalue weighted by molar-refractivity contribution is 0.432. The molecule has 0 bridgehead atoms. The molecule has 0 fully saturated rings. The number of phenolic OH excluding ortho intramolecular Hbond substituents is 1. The van der Waals surface area contributed by atoms with Crippen LogP contribution >= 0.6 is 10.7 Å². The molecule has 0 aliphatic heterocycles. The zero-order valence-electron chi connectivity index (χ0n) is 22.0. The summed E-state index contributed by atoms with van der Waals surface area (Å²) in [5.74, 6) is 0.0902. The second-order valence-corrected chi connectivity index (χ2v) is 13.4. The van der Waals surface area contributed by atoms with Gasteiger partial charge in [-0.3, -0.25) is 0 Å². The van der Waals surface area contributed by atoms with Crippen molar-refractivity contribution in [3.05, 3.63) is 77.4 Å². The third-order valence-corrected chi connectivity index (χ3v) is 8.68. The zero-order valence-corrected chi connectivity index (χ0v) is 23.6. The van der Waals surface area contributed by atoms with Gasteiger partial charge in [-0.05, 0) is 53.3 Å². The Hall–Kier alpha value is -2.90. The highest BCUT2D eigenvalue weighted by atomic mass is 35.7. The molecule has 0 atom stereocenters. The van der Waals surface area contributed by atoms with Gasteiger partial charge in [0.05, 0.1) is 4.90 Å². The molecule has 0 aliphatic rings. The maximum atomic E-state index is 11.8. The minimum Gasteiger partial charge on any atom is -0.505 e. The SMILES string of the molecule is CCCCCC(C)(C)c1cc(-n2nc3ccccc3n2)c(O)c(C(C)(C)c2ccc(S(=O)(=O)Cl)cc2)c1. The van der Waals surface area contributed by atoms with E-state index in [1.165, 1.54) is 16.9 Å². The van der Waals surface area contributed by atoms with Crippen LogP contribution in [-0.2, 0) is 19.9 Å². The minimum atomic E-state index is -3.83. The van der Waals surface area contributed by atoms with Crippen molar-refractivity contribution in [1.29, 1.82) is 0 Å². The highest BCUT2D eigenvalue weighted by molar-refractivity contribution is 8.13. The smallest absolute Gasteiger partial charge is 0.261 e. The van der Waals surface area contributed by atoms with Gasteiger partial charge in [0.2, 0.25) is 0 Å². The summed E-state index contributed by atoms with van der Waals surface area (Å²) in [5, 5.41) is 20.9. The molecule has 8 heteroatoms. The first-order valence-corrected chi connectivity index (χ1v) is 14.9. The molecule has 37 heavy (non-hydrogen) atoms. The number of phenols is 1. The van der Waals surface area contributed by atoms with Gasteiger partial charge in [-0.15, -0.1) is 15.0 Å². The van der Waals surface area contributed by atoms with E-state index in [9.17, 15) is 13.5 Å². The van der Waals surface area contributed by atoms with Crippen LogP contribution in [0.2, 0.25) is 0 Å². The molecule has 0 unspecified atom stereocenters. The number of rotatable bonds is 9. The van der Waals surface area contributed by atoms with Gasteiger partial charge < -0.3 is 5.11 Å². The van der Waals surface area contributed by atoms with Crippen molar-refractivity contribution >= 4 is 30.8 Å². The van der Waals surface area contributed by atoms with Gasteiger partial charge in [0.25, 0.3) is 9.05 Å². The summed E-state index contributed by atoms with van der Waals surface area (Å²) >= 11 is 0. The number of hydrogen-bond donors (Lipinski definition) is 1. The Labute approximate surface area is 223 Å². The highest BCUT2D eigenvalue weighted by Gasteiger charge is 2.32. The number of unbranched alkanes of at least 4 members (excludes halogenated alkanes) is 2. The van der Waals surface area contributed by atoms with E-state index in [-0.39, 0.29) is 16.1 Å². The summed E-state index contributed by atoms with van der Waals surface area (Å²) in [6.07, 6.45) is 4.42. The predicted molar refractivity (Wildman–Crippen MR) is 149 cm³/mol. The summed E-state index contributed by atoms with van der Waals surface area (Å²) in [7, 11) is 1.70. The summed E-state index contributed by atoms with van der Waals surface area (Å²) < 4.78 is 23.5. The standard InChI is InChI=1S/C29H34ClN3O3S/c1-6-7-10-17-28(2,3)21-18-23(29(4,5)20-13-15-22(16-14-20)37(30,35)36)27(34)26(19-21)33-31-24-11-8-9-12-25(24)32-33/h8-9,11-16,18-19,34H,6-7,10,17H2,1-5H3. The Morgan fingerprint density at radius 3 is 2.03 bits per heavy atom. The maximum absolute atomic E-state index is 11.8. The van der Waals surface area contributed by atoms with Crippen molar-refractivity contribution < 1.29 is 13.5 Å². The van der Waals surface area contributed by atoms with Crippen molar-refractivity contribution in [3.8, 4) is 11.4 Å². The molecule has 4 rings (SSSR count). The Balaban J connectivity index is 1.90. The third-order valence-electron chi connectivity index (χ3n) is 7.31. The molecule has 0 spiro atoms. The fourth-order valence-corrected chi connectivity index (χ4v) is 5.53. The molecule has 0 aliphatic carbocycles. The molecule has 1 aromatic heterocycles. The van der Waals surface area contributed by atoms with Crippen LogP contribution in [0.25, 0.3) is 16.7 Å². The van der Waals surface area contributed by atoms with Crippen LogP contribution in [0.1, 0.15) is 77.0 Å². The molecular formula is C29H34ClN3O3S. The largest absolute Gasteiger partial charge is 0.505 e. The summed E-state index contributed by atoms with van der Waals surface area (Å²) in [5.41, 5.74) is 3.84. The topological polar surface area (TPSA) is 85.1 Å². The van der Waals surface area contributed by atoms with Crippen LogP contribution in [0.5, 0.6) is 5.75 Å². The first-order chi connectivity index (χ1) is 17.3. The van der Waals surface area contributed by atoms with Gasteiger partial charge in [0.15, 0.2) is 0 Å². The molecule has 0 amide bonds. The molecule has 0 radical (unpaired) electrons. The predicted octanol–water partition coefficient (Wildman–Crippen LogP) is 7.24. The van der Waals surface area contributed by atoms with Crippen molar-refractivity contribution in [2.75, 3.05) is 0 Å². The van der Waals surface area contributed by atoms with Gasteiger partial charge in [0, 0.05) is 21.7 Å². The first kappa shape index (κ1) is 27.1. The number of nitrogens with zero attached hydrogens (tertiary/aromatic N) is 3. The van der Waals surface area contributed by atoms with Gasteiger partial charge in [-0.25, -0.2) is 8.42 Å². The molecule has 196 valence electrons. The average Bonchev–Trinajstić information content (AvgIpc) is 3.27. The zero-order chi connectivity index (χ0) is 27.0. The number of fused-ring (bicyclic) bond motifs is 1. The van der Waals surface area contributed by atoms with E-state index in [2.05, 4.69) is 37.0 Å². The lowest BCUT2D eigenvalue weighted by Gasteiger charge is -2.32. The van der Waals surface area contributed by atoms with Crippen molar-refractivity contribution in [3.63, 3.8) is 0 Å². The number of halogens is 1. The highest BCUT2D eigenvalue weighted by Crippen LogP contribution is 2.43. The van der Waals surface area contributed by atoms with E-state index < -0.39 is 14.5 Å². The normalized spacial score (nSPS) is 12.8. The molecule has 4 aromatic rings. The van der Waals surface area contributed by atoms with Crippen LogP contribution in [0, 0.1) is 0 Å². The van der Waals surface area contributed by atoms with E-state index in [0.29, 0.717) is 11.3 Å². The van der Waals surface area contributed by atoms with Gasteiger partial charge in [-0.1, -0.05) is 84.2 Å². The minimum absolute atomic E-state index is 0.0388. The van der Waals surface area contributed by atoms with Crippen molar-refractivity contribution in [2.45, 2.75) is 76.0 Å². The third kappa shape index (κ3) is 5.53. The quantitative estimate of drug-likeness (QED) is 0.179. The Morgan fingerprint density at radius 2 is 1.49 bits per heavy atom. The number of aromatic hydroxyl groups is 1. The van der Waals surface area contributed by atoms with Gasteiger partial charge in [0.1, 0.15) is 22.5 Å². The van der Waals surface area contributed by atoms with E-state index >= 15 is 0 Å². The van der Waals surface area contributed by atoms with Crippen LogP contribution in [-0.4, -0.2) is 28.5 Å². The summed E-state index contributed by atoms with van der Waals surface area (Å²) in [6.45, 7) is 10.7. The second kappa shape index (κ2) is 10.1. The first-order valence-electron chi connectivity index (χ1n) is 12.6. The van der Waals surface area contributed by atoms with Crippen molar-refractivity contribution in [1.82, 2.24) is 15.0 Å². The molecule has 3 aromatic carbocycles. The lowest BCUT2D eigenvalue weighted by atomic mass is 9.73. The summed E-state index contributed by atoms with van der Waals surface area (Å²) in [6, 6.07) is 18.2. The Bertz CT molecular complexity index is 1490. The Morgan fingerprint density at radius 1 is 0.892 bits per heavy atom. The number of hydrogen-bond acceptors (Lipinski definition) is 5. The van der Waals surface area contributed by atoms with E-state index in [1.807, 2.05) is 44.2 Å². The van der Waals surface area contributed by atoms with E-state index in [1.54, 1.807) is 12.1 Å². The maximum Gasteiger partial charge on any atom is 0.261 e. The molecule has 0 saturated heterocycles. The Kier molecular flexibility index (Phi) is 7.41. The number of aromatic nitrogens is 3. The fourth-order valence-electron chi connectivity index (χ4n) is 4.76. The number of benzene rings is 3. The van der Waals surface area contributed by atoms with Gasteiger partial charge in [-0.2, -0.15) is 0 Å². The molecular weight excluding hydrogens is 506 g/mol. The molecule has 1 heterocycles. The fraction of sp³-hybridized carbons (Fsp3) is 0.379. The van der Waals surface area contributed by atoms with Crippen molar-refractivity contribution in [2.24, 2.45) is 0 Å². The molecule has 6 nitrogen and oxygen atoms in total. The lowest BCUT2D eigenvalue weighted by Crippen LogP contribution is -2.23. The molecule has 0 saturated carbocycles. The second-order valence-electron chi connectivity index (χ2n) is 10.8. The van der Waals surface area contributed by atoms with Crippen LogP contribution in [0.3, 0.4) is 0 Å². The summed E-state index contributed by atoms with van der Waals surface area (Å²) in [4.78, 5) is 1.55. The molecule has 1 N–H and O–H groups in total. The van der Waals surface area contributed by atoms with Crippen LogP contribution < -0.4 is 0 Å². The average molecular weight is 540 g/mol. The van der Waals surface area contributed by atoms with Crippen LogP contribution in [0.15, 0.2) is 65.6 Å².